The maximum atomic E-state index is 11.8. The van der Waals surface area contributed by atoms with E-state index < -0.39 is 9.84 Å². The molecule has 196 valence electrons. The molecule has 16 heteroatoms. The minimum atomic E-state index is -3.46. The molecule has 6 aromatic rings. The standard InChI is InChI=1S/C11H10BrN5O2S.C11H10BrN5S/c1-16-5-7(3-14-16)8-4-13-10-11(20(2,18)19)15-9(12)6-17(8)10;1-16-5-7(3-14-16)8-4-13-10-11(18-2)15-9(12)6-17(8)10/h3-6H,1-2H3;3-6H,1-2H3. The molecule has 6 rings (SSSR count). The second-order valence-corrected chi connectivity index (χ2v) is 12.5. The number of thioether (sulfide) groups is 1. The second-order valence-electron chi connectivity index (χ2n) is 8.19. The first-order chi connectivity index (χ1) is 18.0. The molecule has 0 aliphatic carbocycles. The van der Waals surface area contributed by atoms with Crippen LogP contribution in [0.3, 0.4) is 0 Å². The summed E-state index contributed by atoms with van der Waals surface area (Å²) in [5, 5.41) is 9.14. The highest BCUT2D eigenvalue weighted by Gasteiger charge is 2.19. The molecule has 38 heavy (non-hydrogen) atoms. The van der Waals surface area contributed by atoms with Gasteiger partial charge in [-0.2, -0.15) is 10.2 Å². The van der Waals surface area contributed by atoms with E-state index in [1.165, 1.54) is 0 Å². The summed E-state index contributed by atoms with van der Waals surface area (Å²) in [4.78, 5) is 17.0. The lowest BCUT2D eigenvalue weighted by Crippen LogP contribution is -2.05. The predicted molar refractivity (Wildman–Crippen MR) is 151 cm³/mol. The van der Waals surface area contributed by atoms with Crippen LogP contribution < -0.4 is 0 Å². The van der Waals surface area contributed by atoms with Crippen LogP contribution >= 0.6 is 43.6 Å². The number of hydrogen-bond donors (Lipinski definition) is 0. The topological polar surface area (TPSA) is 130 Å². The molecule has 0 saturated heterocycles. The van der Waals surface area contributed by atoms with Gasteiger partial charge in [0.15, 0.2) is 26.2 Å². The molecule has 0 fully saturated rings. The molecule has 0 aliphatic heterocycles. The van der Waals surface area contributed by atoms with Crippen molar-refractivity contribution in [3.05, 3.63) is 58.8 Å². The fourth-order valence-electron chi connectivity index (χ4n) is 3.78. The van der Waals surface area contributed by atoms with Crippen molar-refractivity contribution in [2.75, 3.05) is 12.5 Å². The molecule has 0 radical (unpaired) electrons. The highest BCUT2D eigenvalue weighted by Crippen LogP contribution is 2.27. The van der Waals surface area contributed by atoms with Gasteiger partial charge in [0, 0.05) is 56.3 Å². The van der Waals surface area contributed by atoms with E-state index in [9.17, 15) is 8.42 Å². The first kappa shape index (κ1) is 26.5. The number of rotatable bonds is 4. The van der Waals surface area contributed by atoms with Gasteiger partial charge in [-0.25, -0.2) is 28.4 Å². The van der Waals surface area contributed by atoms with Crippen molar-refractivity contribution in [2.45, 2.75) is 10.1 Å². The molecule has 0 aliphatic rings. The van der Waals surface area contributed by atoms with Crippen molar-refractivity contribution in [3.63, 3.8) is 0 Å². The normalized spacial score (nSPS) is 11.7. The molecule has 0 unspecified atom stereocenters. The van der Waals surface area contributed by atoms with Crippen LogP contribution in [0, 0.1) is 0 Å². The van der Waals surface area contributed by atoms with E-state index in [-0.39, 0.29) is 5.03 Å². The number of aromatic nitrogens is 10. The molecular formula is C22H20Br2N10O2S2. The Hall–Kier alpha value is -3.08. The van der Waals surface area contributed by atoms with Crippen LogP contribution in [0.2, 0.25) is 0 Å². The average Bonchev–Trinajstić information content (AvgIpc) is 3.64. The lowest BCUT2D eigenvalue weighted by atomic mass is 10.3. The van der Waals surface area contributed by atoms with Crippen LogP contribution in [0.5, 0.6) is 0 Å². The molecule has 0 bridgehead atoms. The SMILES string of the molecule is CSc1nc(Br)cn2c(-c3cnn(C)c3)cnc12.Cn1cc(-c2cnc3c(S(C)(=O)=O)nc(Br)cn23)cn1. The number of sulfone groups is 1. The first-order valence-corrected chi connectivity index (χ1v) is 15.5. The van der Waals surface area contributed by atoms with Crippen molar-refractivity contribution in [3.8, 4) is 22.5 Å². The van der Waals surface area contributed by atoms with Gasteiger partial charge in [-0.05, 0) is 38.1 Å². The van der Waals surface area contributed by atoms with Gasteiger partial charge in [0.1, 0.15) is 14.2 Å². The predicted octanol–water partition coefficient (Wildman–Crippen LogP) is 3.91. The average molecular weight is 680 g/mol. The van der Waals surface area contributed by atoms with E-state index in [2.05, 4.69) is 62.0 Å². The summed E-state index contributed by atoms with van der Waals surface area (Å²) in [5.41, 5.74) is 4.81. The van der Waals surface area contributed by atoms with Gasteiger partial charge in [0.2, 0.25) is 0 Å². The fourth-order valence-corrected chi connectivity index (χ4v) is 6.05. The summed E-state index contributed by atoms with van der Waals surface area (Å²) in [6.07, 6.45) is 17.5. The number of imidazole rings is 2. The Morgan fingerprint density at radius 2 is 1.26 bits per heavy atom. The second kappa shape index (κ2) is 10.2. The maximum absolute atomic E-state index is 11.8. The highest BCUT2D eigenvalue weighted by atomic mass is 79.9. The Morgan fingerprint density at radius 3 is 1.74 bits per heavy atom. The molecule has 0 N–H and O–H groups in total. The largest absolute Gasteiger partial charge is 0.295 e. The van der Waals surface area contributed by atoms with E-state index in [1.807, 2.05) is 55.7 Å². The Kier molecular flexibility index (Phi) is 7.15. The number of halogens is 2. The van der Waals surface area contributed by atoms with Gasteiger partial charge < -0.3 is 0 Å². The van der Waals surface area contributed by atoms with E-state index in [0.29, 0.717) is 10.3 Å². The summed E-state index contributed by atoms with van der Waals surface area (Å²) >= 11 is 8.24. The van der Waals surface area contributed by atoms with Gasteiger partial charge in [-0.15, -0.1) is 11.8 Å². The van der Waals surface area contributed by atoms with Crippen molar-refractivity contribution >= 4 is 64.8 Å². The van der Waals surface area contributed by atoms with E-state index in [1.54, 1.807) is 44.1 Å². The maximum Gasteiger partial charge on any atom is 0.199 e. The summed E-state index contributed by atoms with van der Waals surface area (Å²) < 4.78 is 32.0. The van der Waals surface area contributed by atoms with Gasteiger partial charge >= 0.3 is 0 Å². The minimum absolute atomic E-state index is 0.0537. The molecule has 6 heterocycles. The summed E-state index contributed by atoms with van der Waals surface area (Å²) in [7, 11) is 0.251. The summed E-state index contributed by atoms with van der Waals surface area (Å²) in [5.74, 6) is 0. The molecule has 12 nitrogen and oxygen atoms in total. The van der Waals surface area contributed by atoms with Crippen LogP contribution in [0.4, 0.5) is 0 Å². The zero-order chi connectivity index (χ0) is 27.2. The fraction of sp³-hybridized carbons (Fsp3) is 0.182. The highest BCUT2D eigenvalue weighted by molar-refractivity contribution is 9.10. The monoisotopic (exact) mass is 678 g/mol. The van der Waals surface area contributed by atoms with Crippen LogP contribution in [0.1, 0.15) is 0 Å². The smallest absolute Gasteiger partial charge is 0.199 e. The molecule has 0 amide bonds. The van der Waals surface area contributed by atoms with Crippen LogP contribution in [0.25, 0.3) is 33.8 Å². The van der Waals surface area contributed by atoms with Gasteiger partial charge in [0.25, 0.3) is 0 Å². The summed E-state index contributed by atoms with van der Waals surface area (Å²) in [6, 6.07) is 0. The molecule has 0 aromatic carbocycles. The number of fused-ring (bicyclic) bond motifs is 2. The van der Waals surface area contributed by atoms with Crippen molar-refractivity contribution in [2.24, 2.45) is 14.1 Å². The van der Waals surface area contributed by atoms with Gasteiger partial charge in [-0.3, -0.25) is 18.2 Å². The third-order valence-electron chi connectivity index (χ3n) is 5.41. The first-order valence-electron chi connectivity index (χ1n) is 10.8. The molecular weight excluding hydrogens is 660 g/mol. The number of hydrogen-bond acceptors (Lipinski definition) is 9. The lowest BCUT2D eigenvalue weighted by molar-refractivity contribution is 0.598. The quantitative estimate of drug-likeness (QED) is 0.255. The van der Waals surface area contributed by atoms with Crippen LogP contribution in [0.15, 0.2) is 68.8 Å². The third kappa shape index (κ3) is 5.12. The van der Waals surface area contributed by atoms with Crippen molar-refractivity contribution < 1.29 is 8.42 Å². The lowest BCUT2D eigenvalue weighted by Gasteiger charge is -2.04. The Balaban J connectivity index is 0.000000156. The van der Waals surface area contributed by atoms with Crippen LogP contribution in [-0.2, 0) is 23.9 Å². The van der Waals surface area contributed by atoms with E-state index in [0.717, 1.165) is 44.0 Å². The molecule has 0 spiro atoms. The summed E-state index contributed by atoms with van der Waals surface area (Å²) in [6.45, 7) is 0. The van der Waals surface area contributed by atoms with Crippen molar-refractivity contribution in [1.29, 1.82) is 0 Å². The van der Waals surface area contributed by atoms with Gasteiger partial charge in [-0.1, -0.05) is 0 Å². The van der Waals surface area contributed by atoms with E-state index in [4.69, 9.17) is 0 Å². The molecule has 0 saturated carbocycles. The minimum Gasteiger partial charge on any atom is -0.295 e. The van der Waals surface area contributed by atoms with Gasteiger partial charge in [0.05, 0.1) is 36.2 Å². The molecule has 6 aromatic heterocycles. The van der Waals surface area contributed by atoms with Crippen molar-refractivity contribution in [1.82, 2.24) is 48.3 Å². The Morgan fingerprint density at radius 1 is 0.763 bits per heavy atom. The van der Waals surface area contributed by atoms with Crippen LogP contribution in [-0.4, -0.2) is 69.2 Å². The number of aryl methyl sites for hydroxylation is 2. The Bertz CT molecular complexity index is 1910. The van der Waals surface area contributed by atoms with E-state index >= 15 is 0 Å². The zero-order valence-electron chi connectivity index (χ0n) is 20.5. The Labute approximate surface area is 238 Å². The number of nitrogens with zero attached hydrogens (tertiary/aromatic N) is 10. The third-order valence-corrected chi connectivity index (χ3v) is 7.81. The molecule has 0 atom stereocenters. The zero-order valence-corrected chi connectivity index (χ0v) is 25.3.